The number of hydrogen-bond acceptors (Lipinski definition) is 5. The van der Waals surface area contributed by atoms with E-state index in [1.807, 2.05) is 6.92 Å². The predicted octanol–water partition coefficient (Wildman–Crippen LogP) is 5.04. The Balaban J connectivity index is 1.74. The van der Waals surface area contributed by atoms with Gasteiger partial charge in [-0.2, -0.15) is 0 Å². The van der Waals surface area contributed by atoms with Crippen LogP contribution in [0.2, 0.25) is 0 Å². The summed E-state index contributed by atoms with van der Waals surface area (Å²) < 4.78 is 10.9. The van der Waals surface area contributed by atoms with E-state index in [2.05, 4.69) is 17.6 Å². The SMILES string of the molecule is CCCCOc1ccc(C(=O)Nc2ccc(C3NC(=O)N(CC)C(C)=C3C(=O)OCC)cc2)cc1. The number of urea groups is 1. The number of carbonyl (C=O) groups excluding carboxylic acids is 3. The van der Waals surface area contributed by atoms with Gasteiger partial charge >= 0.3 is 12.0 Å². The van der Waals surface area contributed by atoms with E-state index in [0.717, 1.165) is 18.6 Å². The minimum absolute atomic E-state index is 0.235. The number of benzene rings is 2. The summed E-state index contributed by atoms with van der Waals surface area (Å²) in [4.78, 5) is 39.4. The lowest BCUT2D eigenvalue weighted by molar-refractivity contribution is -0.139. The van der Waals surface area contributed by atoms with Crippen LogP contribution in [0.15, 0.2) is 59.8 Å². The van der Waals surface area contributed by atoms with Crippen molar-refractivity contribution in [1.29, 1.82) is 0 Å². The Morgan fingerprint density at radius 1 is 1.03 bits per heavy atom. The van der Waals surface area contributed by atoms with E-state index < -0.39 is 12.0 Å². The molecule has 3 amide bonds. The summed E-state index contributed by atoms with van der Waals surface area (Å²) in [5.41, 5.74) is 2.78. The molecule has 1 aliphatic rings. The van der Waals surface area contributed by atoms with Gasteiger partial charge in [-0.15, -0.1) is 0 Å². The highest BCUT2D eigenvalue weighted by atomic mass is 16.5. The van der Waals surface area contributed by atoms with Crippen molar-refractivity contribution in [3.63, 3.8) is 0 Å². The molecule has 35 heavy (non-hydrogen) atoms. The molecule has 8 nitrogen and oxygen atoms in total. The molecule has 0 aromatic heterocycles. The zero-order valence-corrected chi connectivity index (χ0v) is 20.7. The average molecular weight is 480 g/mol. The van der Waals surface area contributed by atoms with Crippen LogP contribution in [-0.2, 0) is 9.53 Å². The first-order valence-corrected chi connectivity index (χ1v) is 12.0. The number of rotatable bonds is 10. The number of anilines is 1. The van der Waals surface area contributed by atoms with E-state index in [4.69, 9.17) is 9.47 Å². The van der Waals surface area contributed by atoms with Crippen LogP contribution >= 0.6 is 0 Å². The number of ether oxygens (including phenoxy) is 2. The van der Waals surface area contributed by atoms with Crippen LogP contribution in [0, 0.1) is 0 Å². The van der Waals surface area contributed by atoms with Crippen LogP contribution in [-0.4, -0.2) is 42.6 Å². The van der Waals surface area contributed by atoms with E-state index in [0.29, 0.717) is 41.2 Å². The van der Waals surface area contributed by atoms with Crippen molar-refractivity contribution in [2.45, 2.75) is 46.6 Å². The quantitative estimate of drug-likeness (QED) is 0.368. The van der Waals surface area contributed by atoms with E-state index in [9.17, 15) is 14.4 Å². The molecule has 2 aromatic rings. The van der Waals surface area contributed by atoms with Crippen molar-refractivity contribution in [2.24, 2.45) is 0 Å². The van der Waals surface area contributed by atoms with Gasteiger partial charge < -0.3 is 20.1 Å². The van der Waals surface area contributed by atoms with Crippen molar-refractivity contribution < 1.29 is 23.9 Å². The molecule has 186 valence electrons. The fourth-order valence-corrected chi connectivity index (χ4v) is 3.88. The Bertz CT molecular complexity index is 1080. The van der Waals surface area contributed by atoms with E-state index in [-0.39, 0.29) is 18.5 Å². The standard InChI is InChI=1S/C27H33N3O5/c1-5-8-17-35-22-15-11-20(12-16-22)25(31)28-21-13-9-19(10-14-21)24-23(26(32)34-7-3)18(4)30(6-2)27(33)29-24/h9-16,24H,5-8,17H2,1-4H3,(H,28,31)(H,29,33). The molecule has 0 aliphatic carbocycles. The second kappa shape index (κ2) is 12.1. The van der Waals surface area contributed by atoms with Crippen molar-refractivity contribution in [1.82, 2.24) is 10.2 Å². The largest absolute Gasteiger partial charge is 0.494 e. The molecule has 0 saturated heterocycles. The first kappa shape index (κ1) is 25.8. The fourth-order valence-electron chi connectivity index (χ4n) is 3.88. The van der Waals surface area contributed by atoms with Gasteiger partial charge in [0, 0.05) is 23.5 Å². The number of hydrogen-bond donors (Lipinski definition) is 2. The molecular formula is C27H33N3O5. The molecule has 1 unspecified atom stereocenters. The Labute approximate surface area is 206 Å². The second-order valence-corrected chi connectivity index (χ2v) is 8.15. The Hall–Kier alpha value is -3.81. The third kappa shape index (κ3) is 6.20. The van der Waals surface area contributed by atoms with Crippen molar-refractivity contribution in [3.05, 3.63) is 70.9 Å². The normalized spacial score (nSPS) is 15.5. The van der Waals surface area contributed by atoms with E-state index >= 15 is 0 Å². The van der Waals surface area contributed by atoms with Crippen LogP contribution in [0.5, 0.6) is 5.75 Å². The average Bonchev–Trinajstić information content (AvgIpc) is 2.85. The molecule has 1 atom stereocenters. The maximum absolute atomic E-state index is 12.7. The topological polar surface area (TPSA) is 97.0 Å². The molecule has 0 saturated carbocycles. The summed E-state index contributed by atoms with van der Waals surface area (Å²) >= 11 is 0. The zero-order chi connectivity index (χ0) is 25.4. The van der Waals surface area contributed by atoms with Gasteiger partial charge in [0.25, 0.3) is 5.91 Å². The molecule has 0 radical (unpaired) electrons. The van der Waals surface area contributed by atoms with Crippen LogP contribution in [0.3, 0.4) is 0 Å². The fraction of sp³-hybridized carbons (Fsp3) is 0.370. The smallest absolute Gasteiger partial charge is 0.338 e. The number of nitrogens with zero attached hydrogens (tertiary/aromatic N) is 1. The Morgan fingerprint density at radius 2 is 1.71 bits per heavy atom. The molecule has 0 spiro atoms. The van der Waals surface area contributed by atoms with Gasteiger partial charge in [-0.1, -0.05) is 25.5 Å². The maximum atomic E-state index is 12.7. The lowest BCUT2D eigenvalue weighted by atomic mass is 9.94. The third-order valence-electron chi connectivity index (χ3n) is 5.79. The number of nitrogens with one attached hydrogen (secondary N) is 2. The van der Waals surface area contributed by atoms with Crippen molar-refractivity contribution >= 4 is 23.6 Å². The third-order valence-corrected chi connectivity index (χ3v) is 5.79. The molecular weight excluding hydrogens is 446 g/mol. The lowest BCUT2D eigenvalue weighted by Crippen LogP contribution is -2.47. The molecule has 8 heteroatoms. The minimum atomic E-state index is -0.644. The number of unbranched alkanes of at least 4 members (excludes halogenated alkanes) is 1. The lowest BCUT2D eigenvalue weighted by Gasteiger charge is -2.34. The predicted molar refractivity (Wildman–Crippen MR) is 134 cm³/mol. The van der Waals surface area contributed by atoms with Gasteiger partial charge in [0.05, 0.1) is 24.8 Å². The van der Waals surface area contributed by atoms with Crippen molar-refractivity contribution in [3.8, 4) is 5.75 Å². The molecule has 1 heterocycles. The van der Waals surface area contributed by atoms with Crippen LogP contribution in [0.1, 0.15) is 62.5 Å². The zero-order valence-electron chi connectivity index (χ0n) is 20.7. The van der Waals surface area contributed by atoms with Gasteiger partial charge in [0.2, 0.25) is 0 Å². The van der Waals surface area contributed by atoms with Crippen LogP contribution in [0.25, 0.3) is 0 Å². The Kier molecular flexibility index (Phi) is 8.89. The minimum Gasteiger partial charge on any atom is -0.494 e. The highest BCUT2D eigenvalue weighted by Gasteiger charge is 2.35. The first-order chi connectivity index (χ1) is 16.9. The highest BCUT2D eigenvalue weighted by Crippen LogP contribution is 2.32. The van der Waals surface area contributed by atoms with Crippen LogP contribution < -0.4 is 15.4 Å². The van der Waals surface area contributed by atoms with Gasteiger partial charge in [-0.3, -0.25) is 9.69 Å². The van der Waals surface area contributed by atoms with E-state index in [1.54, 1.807) is 62.4 Å². The van der Waals surface area contributed by atoms with E-state index in [1.165, 1.54) is 4.90 Å². The van der Waals surface area contributed by atoms with Gasteiger partial charge in [-0.25, -0.2) is 9.59 Å². The summed E-state index contributed by atoms with van der Waals surface area (Å²) in [6.07, 6.45) is 2.04. The molecule has 3 rings (SSSR count). The van der Waals surface area contributed by atoms with Gasteiger partial charge in [0.15, 0.2) is 0 Å². The van der Waals surface area contributed by atoms with Gasteiger partial charge in [0.1, 0.15) is 5.75 Å². The summed E-state index contributed by atoms with van der Waals surface area (Å²) in [5.74, 6) is 0.0228. The highest BCUT2D eigenvalue weighted by molar-refractivity contribution is 6.04. The monoisotopic (exact) mass is 479 g/mol. The molecule has 1 aliphatic heterocycles. The first-order valence-electron chi connectivity index (χ1n) is 12.0. The number of esters is 1. The number of amides is 3. The maximum Gasteiger partial charge on any atom is 0.338 e. The molecule has 2 aromatic carbocycles. The molecule has 0 fully saturated rings. The number of carbonyl (C=O) groups is 3. The Morgan fingerprint density at radius 3 is 2.31 bits per heavy atom. The summed E-state index contributed by atoms with van der Waals surface area (Å²) in [6, 6.07) is 13.1. The number of allylic oxidation sites excluding steroid dienone is 1. The van der Waals surface area contributed by atoms with Gasteiger partial charge in [-0.05, 0) is 69.2 Å². The van der Waals surface area contributed by atoms with Crippen molar-refractivity contribution in [2.75, 3.05) is 25.1 Å². The molecule has 0 bridgehead atoms. The second-order valence-electron chi connectivity index (χ2n) is 8.15. The summed E-state index contributed by atoms with van der Waals surface area (Å²) in [7, 11) is 0. The summed E-state index contributed by atoms with van der Waals surface area (Å²) in [5, 5.41) is 5.76. The summed E-state index contributed by atoms with van der Waals surface area (Å²) in [6.45, 7) is 8.76. The van der Waals surface area contributed by atoms with Crippen LogP contribution in [0.4, 0.5) is 10.5 Å². The molecule has 2 N–H and O–H groups in total.